The topological polar surface area (TPSA) is 67.3 Å². The third-order valence-corrected chi connectivity index (χ3v) is 4.84. The lowest BCUT2D eigenvalue weighted by atomic mass is 10.2. The molecule has 0 N–H and O–H groups in total. The summed E-state index contributed by atoms with van der Waals surface area (Å²) in [6.45, 7) is 2.03. The number of pyridine rings is 1. The summed E-state index contributed by atoms with van der Waals surface area (Å²) in [5.74, 6) is -0.356. The maximum absolute atomic E-state index is 12.2. The average Bonchev–Trinajstić information content (AvgIpc) is 2.59. The van der Waals surface area contributed by atoms with Crippen molar-refractivity contribution in [2.45, 2.75) is 18.2 Å². The van der Waals surface area contributed by atoms with Gasteiger partial charge in [-0.05, 0) is 12.0 Å². The van der Waals surface area contributed by atoms with Crippen LogP contribution in [0.3, 0.4) is 0 Å². The van der Waals surface area contributed by atoms with E-state index in [0.29, 0.717) is 0 Å². The minimum absolute atomic E-state index is 0.0349. The van der Waals surface area contributed by atoms with Crippen molar-refractivity contribution in [2.24, 2.45) is 5.92 Å². The highest BCUT2D eigenvalue weighted by atomic mass is 35.5. The molecule has 0 bridgehead atoms. The zero-order valence-electron chi connectivity index (χ0n) is 9.13. The Hall–Kier alpha value is -1.14. The normalized spacial score (nSPS) is 20.9. The summed E-state index contributed by atoms with van der Waals surface area (Å²) in [7, 11) is -3.86. The van der Waals surface area contributed by atoms with Crippen molar-refractivity contribution in [3.05, 3.63) is 23.5 Å². The van der Waals surface area contributed by atoms with Crippen LogP contribution in [0.4, 0.5) is 0 Å². The number of hydrogen-bond acceptors (Lipinski definition) is 4. The molecule has 0 spiro atoms. The number of rotatable bonds is 2. The Morgan fingerprint density at radius 3 is 2.76 bits per heavy atom. The molecule has 1 aromatic rings. The van der Waals surface area contributed by atoms with E-state index in [1.807, 2.05) is 6.92 Å². The molecule has 17 heavy (non-hydrogen) atoms. The number of aromatic nitrogens is 1. The van der Waals surface area contributed by atoms with Crippen LogP contribution in [0.1, 0.15) is 13.3 Å². The number of carbonyl (C=O) groups is 1. The molecule has 1 atom stereocenters. The molecule has 1 fully saturated rings. The number of amides is 1. The lowest BCUT2D eigenvalue weighted by Crippen LogP contribution is -2.32. The standard InChI is InChI=1S/C10H11ClN2O3S/c1-7-4-10(14)13(6-7)17(15,16)9-5-12-3-2-8(9)11/h2-3,5,7H,4,6H2,1H3. The minimum atomic E-state index is -3.86. The quantitative estimate of drug-likeness (QED) is 0.815. The first-order valence-electron chi connectivity index (χ1n) is 5.08. The van der Waals surface area contributed by atoms with Crippen molar-refractivity contribution in [3.63, 3.8) is 0 Å². The Morgan fingerprint density at radius 2 is 2.24 bits per heavy atom. The van der Waals surface area contributed by atoms with Crippen LogP contribution in [0.2, 0.25) is 5.02 Å². The SMILES string of the molecule is CC1CC(=O)N(S(=O)(=O)c2cnccc2Cl)C1. The molecule has 1 aliphatic rings. The van der Waals surface area contributed by atoms with Gasteiger partial charge in [0.1, 0.15) is 4.90 Å². The van der Waals surface area contributed by atoms with Crippen LogP contribution in [-0.4, -0.2) is 30.2 Å². The smallest absolute Gasteiger partial charge is 0.269 e. The molecule has 2 heterocycles. The Morgan fingerprint density at radius 1 is 1.53 bits per heavy atom. The van der Waals surface area contributed by atoms with E-state index < -0.39 is 15.9 Å². The second kappa shape index (κ2) is 4.27. The fraction of sp³-hybridized carbons (Fsp3) is 0.400. The predicted octanol–water partition coefficient (Wildman–Crippen LogP) is 1.29. The molecule has 1 unspecified atom stereocenters. The van der Waals surface area contributed by atoms with E-state index in [1.165, 1.54) is 12.3 Å². The van der Waals surface area contributed by atoms with Crippen molar-refractivity contribution in [1.82, 2.24) is 9.29 Å². The first-order chi connectivity index (χ1) is 7.93. The third kappa shape index (κ3) is 2.14. The lowest BCUT2D eigenvalue weighted by Gasteiger charge is -2.16. The van der Waals surface area contributed by atoms with E-state index in [0.717, 1.165) is 10.5 Å². The first-order valence-corrected chi connectivity index (χ1v) is 6.90. The monoisotopic (exact) mass is 274 g/mol. The van der Waals surface area contributed by atoms with E-state index >= 15 is 0 Å². The van der Waals surface area contributed by atoms with Gasteiger partial charge in [0.25, 0.3) is 10.0 Å². The fourth-order valence-corrected chi connectivity index (χ4v) is 3.69. The van der Waals surface area contributed by atoms with Crippen LogP contribution < -0.4 is 0 Å². The summed E-state index contributed by atoms with van der Waals surface area (Å²) >= 11 is 5.81. The highest BCUT2D eigenvalue weighted by molar-refractivity contribution is 7.89. The summed E-state index contributed by atoms with van der Waals surface area (Å²) in [5.41, 5.74) is 0. The fourth-order valence-electron chi connectivity index (χ4n) is 1.75. The van der Waals surface area contributed by atoms with Gasteiger partial charge in [-0.15, -0.1) is 0 Å². The second-order valence-electron chi connectivity index (χ2n) is 4.05. The summed E-state index contributed by atoms with van der Waals surface area (Å²) in [5, 5.41) is 0.0763. The first kappa shape index (κ1) is 12.3. The lowest BCUT2D eigenvalue weighted by molar-refractivity contribution is -0.123. The van der Waals surface area contributed by atoms with Crippen molar-refractivity contribution < 1.29 is 13.2 Å². The largest absolute Gasteiger partial charge is 0.274 e. The van der Waals surface area contributed by atoms with E-state index in [9.17, 15) is 13.2 Å². The van der Waals surface area contributed by atoms with Gasteiger partial charge in [0, 0.05) is 25.4 Å². The van der Waals surface area contributed by atoms with Crippen molar-refractivity contribution in [3.8, 4) is 0 Å². The van der Waals surface area contributed by atoms with E-state index in [4.69, 9.17) is 11.6 Å². The molecule has 0 saturated carbocycles. The average molecular weight is 275 g/mol. The predicted molar refractivity (Wildman–Crippen MR) is 61.9 cm³/mol. The number of sulfonamides is 1. The molecule has 0 radical (unpaired) electrons. The van der Waals surface area contributed by atoms with Gasteiger partial charge in [0.15, 0.2) is 0 Å². The van der Waals surface area contributed by atoms with Gasteiger partial charge in [-0.3, -0.25) is 9.78 Å². The van der Waals surface area contributed by atoms with Gasteiger partial charge in [-0.25, -0.2) is 12.7 Å². The van der Waals surface area contributed by atoms with Crippen LogP contribution in [0.25, 0.3) is 0 Å². The molecule has 0 aliphatic carbocycles. The van der Waals surface area contributed by atoms with E-state index in [1.54, 1.807) is 0 Å². The Kier molecular flexibility index (Phi) is 3.09. The molecule has 1 aliphatic heterocycles. The van der Waals surface area contributed by atoms with E-state index in [2.05, 4.69) is 4.98 Å². The zero-order valence-corrected chi connectivity index (χ0v) is 10.7. The van der Waals surface area contributed by atoms with Crippen LogP contribution in [-0.2, 0) is 14.8 Å². The minimum Gasteiger partial charge on any atom is -0.274 e. The highest BCUT2D eigenvalue weighted by Gasteiger charge is 2.37. The molecule has 1 aromatic heterocycles. The number of carbonyl (C=O) groups excluding carboxylic acids is 1. The second-order valence-corrected chi connectivity index (χ2v) is 6.28. The summed E-state index contributed by atoms with van der Waals surface area (Å²) in [4.78, 5) is 15.2. The maximum Gasteiger partial charge on any atom is 0.269 e. The highest BCUT2D eigenvalue weighted by Crippen LogP contribution is 2.28. The van der Waals surface area contributed by atoms with Gasteiger partial charge >= 0.3 is 0 Å². The third-order valence-electron chi connectivity index (χ3n) is 2.58. The van der Waals surface area contributed by atoms with Crippen molar-refractivity contribution in [2.75, 3.05) is 6.54 Å². The molecule has 1 amide bonds. The van der Waals surface area contributed by atoms with Crippen molar-refractivity contribution >= 4 is 27.5 Å². The Bertz CT molecular complexity index is 558. The number of nitrogens with zero attached hydrogens (tertiary/aromatic N) is 2. The van der Waals surface area contributed by atoms with Crippen LogP contribution in [0, 0.1) is 5.92 Å². The number of halogens is 1. The molecule has 92 valence electrons. The Labute approximate surface area is 104 Å². The summed E-state index contributed by atoms with van der Waals surface area (Å²) in [6, 6.07) is 1.39. The van der Waals surface area contributed by atoms with Crippen LogP contribution in [0.5, 0.6) is 0 Å². The van der Waals surface area contributed by atoms with Crippen molar-refractivity contribution in [1.29, 1.82) is 0 Å². The summed E-state index contributed by atoms with van der Waals surface area (Å²) < 4.78 is 25.3. The molecule has 0 aromatic carbocycles. The zero-order chi connectivity index (χ0) is 12.6. The molecular formula is C10H11ClN2O3S. The Balaban J connectivity index is 2.45. The van der Waals surface area contributed by atoms with Gasteiger partial charge in [0.2, 0.25) is 5.91 Å². The van der Waals surface area contributed by atoms with Gasteiger partial charge in [-0.1, -0.05) is 18.5 Å². The molecule has 5 nitrogen and oxygen atoms in total. The van der Waals surface area contributed by atoms with E-state index in [-0.39, 0.29) is 28.8 Å². The van der Waals surface area contributed by atoms with Crippen LogP contribution in [0.15, 0.2) is 23.4 Å². The maximum atomic E-state index is 12.2. The summed E-state index contributed by atoms with van der Waals surface area (Å²) in [6.07, 6.45) is 2.81. The molecule has 2 rings (SSSR count). The number of hydrogen-bond donors (Lipinski definition) is 0. The van der Waals surface area contributed by atoms with Gasteiger partial charge in [-0.2, -0.15) is 0 Å². The van der Waals surface area contributed by atoms with Crippen LogP contribution >= 0.6 is 11.6 Å². The molecule has 1 saturated heterocycles. The van der Waals surface area contributed by atoms with Gasteiger partial charge < -0.3 is 0 Å². The van der Waals surface area contributed by atoms with Gasteiger partial charge in [0.05, 0.1) is 5.02 Å². The molecule has 7 heteroatoms. The molecular weight excluding hydrogens is 264 g/mol.